The molecule has 0 bridgehead atoms. The van der Waals surface area contributed by atoms with E-state index in [0.29, 0.717) is 0 Å². The molecule has 0 N–H and O–H groups in total. The van der Waals surface area contributed by atoms with Crippen molar-refractivity contribution in [2.45, 2.75) is 29.8 Å². The summed E-state index contributed by atoms with van der Waals surface area (Å²) in [7, 11) is 0. The third-order valence-electron chi connectivity index (χ3n) is 1.27. The molecule has 1 unspecified atom stereocenters. The number of halogens is 6. The Morgan fingerprint density at radius 2 is 1.69 bits per heavy atom. The van der Waals surface area contributed by atoms with E-state index in [1.807, 2.05) is 0 Å². The van der Waals surface area contributed by atoms with Crippen LogP contribution in [0.5, 0.6) is 0 Å². The van der Waals surface area contributed by atoms with Gasteiger partial charge in [0.15, 0.2) is 0 Å². The zero-order valence-electron chi connectivity index (χ0n) is 6.21. The van der Waals surface area contributed by atoms with E-state index in [2.05, 4.69) is 15.9 Å². The Morgan fingerprint density at radius 3 is 2.00 bits per heavy atom. The molecule has 0 saturated carbocycles. The van der Waals surface area contributed by atoms with E-state index in [1.54, 1.807) is 0 Å². The van der Waals surface area contributed by atoms with Crippen molar-refractivity contribution in [3.05, 3.63) is 0 Å². The fourth-order valence-electron chi connectivity index (χ4n) is 0.514. The smallest absolute Gasteiger partial charge is 0.197 e. The largest absolute Gasteiger partial charge is 0.453 e. The Labute approximate surface area is 79.7 Å². The zero-order valence-corrected chi connectivity index (χ0v) is 7.79. The Balaban J connectivity index is 4.14. The average Bonchev–Trinajstić information content (AvgIpc) is 1.98. The van der Waals surface area contributed by atoms with Crippen molar-refractivity contribution in [2.75, 3.05) is 0 Å². The summed E-state index contributed by atoms with van der Waals surface area (Å²) >= 11 is 2.63. The molecule has 0 aliphatic rings. The first kappa shape index (κ1) is 12.6. The van der Waals surface area contributed by atoms with Gasteiger partial charge >= 0.3 is 12.1 Å². The van der Waals surface area contributed by atoms with Gasteiger partial charge < -0.3 is 0 Å². The second-order valence-corrected chi connectivity index (χ2v) is 3.44. The van der Waals surface area contributed by atoms with E-state index >= 15 is 0 Å². The lowest BCUT2D eigenvalue weighted by Gasteiger charge is -2.19. The summed E-state index contributed by atoms with van der Waals surface area (Å²) in [5.41, 5.74) is 0. The van der Waals surface area contributed by atoms with Crippen LogP contribution in [0.15, 0.2) is 0 Å². The first-order valence-corrected chi connectivity index (χ1v) is 4.10. The van der Waals surface area contributed by atoms with Gasteiger partial charge in [0, 0.05) is 6.42 Å². The average molecular weight is 266 g/mol. The molecule has 0 aromatic carbocycles. The topological polar surface area (TPSA) is 23.8 Å². The molecule has 1 nitrogen and oxygen atoms in total. The molecule has 0 rings (SSSR count). The second kappa shape index (κ2) is 4.22. The number of alkyl halides is 6. The van der Waals surface area contributed by atoms with Crippen molar-refractivity contribution in [1.82, 2.24) is 0 Å². The van der Waals surface area contributed by atoms with Gasteiger partial charge in [-0.05, 0) is 6.42 Å². The minimum Gasteiger partial charge on any atom is -0.197 e. The number of nitriles is 1. The normalized spacial score (nSPS) is 15.2. The maximum atomic E-state index is 12.2. The lowest BCUT2D eigenvalue weighted by Crippen LogP contribution is -2.36. The summed E-state index contributed by atoms with van der Waals surface area (Å²) in [5.74, 6) is -4.71. The van der Waals surface area contributed by atoms with E-state index in [0.717, 1.165) is 0 Å². The predicted molar refractivity (Wildman–Crippen MR) is 38.6 cm³/mol. The van der Waals surface area contributed by atoms with E-state index in [-0.39, 0.29) is 0 Å². The first-order chi connectivity index (χ1) is 5.70. The van der Waals surface area contributed by atoms with E-state index < -0.39 is 29.8 Å². The van der Waals surface area contributed by atoms with Gasteiger partial charge in [-0.2, -0.15) is 27.2 Å². The third kappa shape index (κ3) is 3.89. The van der Waals surface area contributed by atoms with Crippen LogP contribution in [0.4, 0.5) is 22.0 Å². The van der Waals surface area contributed by atoms with Gasteiger partial charge in [0.25, 0.3) is 0 Å². The molecule has 0 aromatic rings. The Morgan fingerprint density at radius 1 is 1.23 bits per heavy atom. The van der Waals surface area contributed by atoms with Crippen LogP contribution in [0.2, 0.25) is 0 Å². The molecule has 76 valence electrons. The molecular weight excluding hydrogens is 261 g/mol. The van der Waals surface area contributed by atoms with E-state index in [4.69, 9.17) is 5.26 Å². The molecule has 0 aliphatic carbocycles. The number of hydrogen-bond donors (Lipinski definition) is 0. The van der Waals surface area contributed by atoms with E-state index in [9.17, 15) is 22.0 Å². The molecule has 0 fully saturated rings. The molecule has 0 heterocycles. The number of rotatable bonds is 3. The lowest BCUT2D eigenvalue weighted by atomic mass is 10.1. The van der Waals surface area contributed by atoms with Gasteiger partial charge in [-0.25, -0.2) is 0 Å². The fourth-order valence-corrected chi connectivity index (χ4v) is 0.743. The van der Waals surface area contributed by atoms with Crippen LogP contribution in [0, 0.1) is 11.3 Å². The highest BCUT2D eigenvalue weighted by molar-refractivity contribution is 9.09. The van der Waals surface area contributed by atoms with Crippen molar-refractivity contribution in [1.29, 1.82) is 5.26 Å². The van der Waals surface area contributed by atoms with Crippen molar-refractivity contribution in [3.63, 3.8) is 0 Å². The summed E-state index contributed by atoms with van der Waals surface area (Å²) in [6.45, 7) is 0. The summed E-state index contributed by atoms with van der Waals surface area (Å²) in [6, 6.07) is 1.50. The van der Waals surface area contributed by atoms with Crippen LogP contribution in [-0.4, -0.2) is 16.9 Å². The molecule has 0 aliphatic heterocycles. The Hall–Kier alpha value is -0.380. The summed E-state index contributed by atoms with van der Waals surface area (Å²) in [4.78, 5) is -0.972. The molecule has 0 aromatic heterocycles. The van der Waals surface area contributed by atoms with Crippen LogP contribution < -0.4 is 0 Å². The van der Waals surface area contributed by atoms with Gasteiger partial charge in [-0.1, -0.05) is 15.9 Å². The maximum absolute atomic E-state index is 12.2. The molecule has 7 heteroatoms. The minimum atomic E-state index is -5.53. The third-order valence-corrected chi connectivity index (χ3v) is 1.93. The molecule has 0 spiro atoms. The predicted octanol–water partition coefficient (Wildman–Crippen LogP) is 3.25. The molecule has 1 atom stereocenters. The Kier molecular flexibility index (Phi) is 4.10. The van der Waals surface area contributed by atoms with Crippen LogP contribution in [0.25, 0.3) is 0 Å². The molecule has 0 saturated heterocycles. The fraction of sp³-hybridized carbons (Fsp3) is 0.833. The summed E-state index contributed by atoms with van der Waals surface area (Å²) < 4.78 is 59.0. The Bertz CT molecular complexity index is 206. The van der Waals surface area contributed by atoms with Gasteiger partial charge in [-0.3, -0.25) is 0 Å². The molecule has 13 heavy (non-hydrogen) atoms. The van der Waals surface area contributed by atoms with Crippen LogP contribution >= 0.6 is 15.9 Å². The highest BCUT2D eigenvalue weighted by Crippen LogP contribution is 2.39. The highest BCUT2D eigenvalue weighted by atomic mass is 79.9. The monoisotopic (exact) mass is 265 g/mol. The molecular formula is C6H5BrF5N. The SMILES string of the molecule is N#CC(Br)CCC(F)(F)C(F)(F)F. The van der Waals surface area contributed by atoms with Gasteiger partial charge in [0.2, 0.25) is 0 Å². The van der Waals surface area contributed by atoms with Gasteiger partial charge in [-0.15, -0.1) is 0 Å². The second-order valence-electron chi connectivity index (χ2n) is 2.34. The number of hydrogen-bond acceptors (Lipinski definition) is 1. The van der Waals surface area contributed by atoms with Crippen LogP contribution in [0.3, 0.4) is 0 Å². The zero-order chi connectivity index (χ0) is 10.7. The highest BCUT2D eigenvalue weighted by Gasteiger charge is 2.56. The quantitative estimate of drug-likeness (QED) is 0.568. The van der Waals surface area contributed by atoms with Crippen molar-refractivity contribution in [2.24, 2.45) is 0 Å². The van der Waals surface area contributed by atoms with Gasteiger partial charge in [0.1, 0.15) is 4.83 Å². The summed E-state index contributed by atoms with van der Waals surface area (Å²) in [5, 5.41) is 8.11. The first-order valence-electron chi connectivity index (χ1n) is 3.19. The molecule has 0 amide bonds. The van der Waals surface area contributed by atoms with Crippen molar-refractivity contribution in [3.8, 4) is 6.07 Å². The van der Waals surface area contributed by atoms with Gasteiger partial charge in [0.05, 0.1) is 6.07 Å². The lowest BCUT2D eigenvalue weighted by molar-refractivity contribution is -0.284. The van der Waals surface area contributed by atoms with Crippen molar-refractivity contribution < 1.29 is 22.0 Å². The standard InChI is InChI=1S/C6H5BrF5N/c7-4(3-13)1-2-5(8,9)6(10,11)12/h4H,1-2H2. The van der Waals surface area contributed by atoms with E-state index in [1.165, 1.54) is 6.07 Å². The van der Waals surface area contributed by atoms with Crippen LogP contribution in [-0.2, 0) is 0 Å². The number of nitrogens with zero attached hydrogens (tertiary/aromatic N) is 1. The summed E-state index contributed by atoms with van der Waals surface area (Å²) in [6.07, 6.45) is -7.45. The minimum absolute atomic E-state index is 0.539. The maximum Gasteiger partial charge on any atom is 0.453 e. The molecule has 0 radical (unpaired) electrons. The van der Waals surface area contributed by atoms with Crippen LogP contribution in [0.1, 0.15) is 12.8 Å². The van der Waals surface area contributed by atoms with Crippen molar-refractivity contribution >= 4 is 15.9 Å².